The minimum atomic E-state index is -0.969. The number of imidazole rings is 1. The van der Waals surface area contributed by atoms with Crippen molar-refractivity contribution in [2.45, 2.75) is 20.8 Å². The number of aromatic carboxylic acids is 1. The first kappa shape index (κ1) is 13.4. The molecule has 0 radical (unpaired) electrons. The third kappa shape index (κ3) is 2.18. The summed E-state index contributed by atoms with van der Waals surface area (Å²) < 4.78 is 1.65. The second-order valence-corrected chi connectivity index (χ2v) is 5.37. The van der Waals surface area contributed by atoms with E-state index in [-0.39, 0.29) is 5.69 Å². The number of aryl methyl sites for hydroxylation is 3. The molecule has 0 saturated heterocycles. The average Bonchev–Trinajstić information content (AvgIpc) is 2.76. The van der Waals surface area contributed by atoms with Gasteiger partial charge in [-0.2, -0.15) is 0 Å². The second kappa shape index (κ2) is 4.74. The monoisotopic (exact) mass is 280 g/mol. The highest BCUT2D eigenvalue weighted by Crippen LogP contribution is 2.28. The van der Waals surface area contributed by atoms with Crippen LogP contribution in [0.3, 0.4) is 0 Å². The fourth-order valence-corrected chi connectivity index (χ4v) is 2.62. The molecule has 0 spiro atoms. The minimum Gasteiger partial charge on any atom is -0.476 e. The first-order valence-corrected chi connectivity index (χ1v) is 6.77. The van der Waals surface area contributed by atoms with Gasteiger partial charge in [-0.25, -0.2) is 9.78 Å². The molecule has 3 aromatic rings. The lowest BCUT2D eigenvalue weighted by Gasteiger charge is -2.05. The largest absolute Gasteiger partial charge is 0.476 e. The SMILES string of the molecule is Cc1ccc(-c2nc3ccc(C)cn3c2C(=O)O)c(C)c1. The van der Waals surface area contributed by atoms with Crippen molar-refractivity contribution in [1.29, 1.82) is 0 Å². The molecule has 4 heteroatoms. The lowest BCUT2D eigenvalue weighted by molar-refractivity contribution is 0.0690. The van der Waals surface area contributed by atoms with Crippen molar-refractivity contribution in [2.24, 2.45) is 0 Å². The van der Waals surface area contributed by atoms with Gasteiger partial charge in [0.05, 0.1) is 0 Å². The van der Waals surface area contributed by atoms with Gasteiger partial charge in [-0.05, 0) is 38.0 Å². The molecule has 106 valence electrons. The van der Waals surface area contributed by atoms with E-state index in [1.807, 2.05) is 51.1 Å². The fraction of sp³-hybridized carbons (Fsp3) is 0.176. The molecule has 0 unspecified atom stereocenters. The van der Waals surface area contributed by atoms with Gasteiger partial charge in [0.1, 0.15) is 11.3 Å². The molecule has 1 N–H and O–H groups in total. The van der Waals surface area contributed by atoms with E-state index in [4.69, 9.17) is 0 Å². The van der Waals surface area contributed by atoms with Crippen LogP contribution in [0, 0.1) is 20.8 Å². The molecule has 0 bridgehead atoms. The molecule has 0 aliphatic carbocycles. The highest BCUT2D eigenvalue weighted by atomic mass is 16.4. The van der Waals surface area contributed by atoms with E-state index in [2.05, 4.69) is 4.98 Å². The highest BCUT2D eigenvalue weighted by Gasteiger charge is 2.21. The average molecular weight is 280 g/mol. The molecule has 2 heterocycles. The zero-order valence-electron chi connectivity index (χ0n) is 12.2. The Morgan fingerprint density at radius 1 is 1.10 bits per heavy atom. The Kier molecular flexibility index (Phi) is 3.01. The van der Waals surface area contributed by atoms with Crippen LogP contribution < -0.4 is 0 Å². The quantitative estimate of drug-likeness (QED) is 0.780. The molecule has 4 nitrogen and oxygen atoms in total. The van der Waals surface area contributed by atoms with Gasteiger partial charge in [-0.3, -0.25) is 4.40 Å². The summed E-state index contributed by atoms with van der Waals surface area (Å²) in [5, 5.41) is 9.59. The van der Waals surface area contributed by atoms with Crippen molar-refractivity contribution in [2.75, 3.05) is 0 Å². The zero-order chi connectivity index (χ0) is 15.1. The number of carboxylic acid groups (broad SMARTS) is 1. The molecular formula is C17H16N2O2. The van der Waals surface area contributed by atoms with E-state index < -0.39 is 5.97 Å². The van der Waals surface area contributed by atoms with Crippen LogP contribution in [0.15, 0.2) is 36.5 Å². The standard InChI is InChI=1S/C17H16N2O2/c1-10-4-6-13(12(3)8-10)15-16(17(20)21)19-9-11(2)5-7-14(19)18-15/h4-9H,1-3H3,(H,20,21). The molecule has 1 aromatic carbocycles. The van der Waals surface area contributed by atoms with Crippen LogP contribution in [0.2, 0.25) is 0 Å². The van der Waals surface area contributed by atoms with Crippen LogP contribution in [0.1, 0.15) is 27.2 Å². The Balaban J connectivity index is 2.36. The molecule has 3 rings (SSSR count). The number of benzene rings is 1. The number of rotatable bonds is 2. The minimum absolute atomic E-state index is 0.209. The van der Waals surface area contributed by atoms with Crippen LogP contribution in [-0.4, -0.2) is 20.5 Å². The first-order chi connectivity index (χ1) is 9.97. The highest BCUT2D eigenvalue weighted by molar-refractivity contribution is 5.95. The molecular weight excluding hydrogens is 264 g/mol. The Morgan fingerprint density at radius 2 is 1.81 bits per heavy atom. The summed E-state index contributed by atoms with van der Waals surface area (Å²) in [4.78, 5) is 16.2. The predicted octanol–water partition coefficient (Wildman–Crippen LogP) is 3.62. The summed E-state index contributed by atoms with van der Waals surface area (Å²) >= 11 is 0. The van der Waals surface area contributed by atoms with Crippen molar-refractivity contribution < 1.29 is 9.90 Å². The van der Waals surface area contributed by atoms with Gasteiger partial charge >= 0.3 is 5.97 Å². The number of nitrogens with zero attached hydrogens (tertiary/aromatic N) is 2. The van der Waals surface area contributed by atoms with Gasteiger partial charge in [0, 0.05) is 11.8 Å². The first-order valence-electron chi connectivity index (χ1n) is 6.77. The van der Waals surface area contributed by atoms with Crippen molar-refractivity contribution in [1.82, 2.24) is 9.38 Å². The lowest BCUT2D eigenvalue weighted by atomic mass is 10.0. The summed E-state index contributed by atoms with van der Waals surface area (Å²) in [6.45, 7) is 5.92. The molecule has 0 atom stereocenters. The van der Waals surface area contributed by atoms with Crippen LogP contribution in [0.4, 0.5) is 0 Å². The second-order valence-electron chi connectivity index (χ2n) is 5.37. The molecule has 0 amide bonds. The van der Waals surface area contributed by atoms with Crippen molar-refractivity contribution in [3.05, 3.63) is 58.9 Å². The van der Waals surface area contributed by atoms with E-state index in [9.17, 15) is 9.90 Å². The number of aromatic nitrogens is 2. The van der Waals surface area contributed by atoms with Crippen LogP contribution in [-0.2, 0) is 0 Å². The fourth-order valence-electron chi connectivity index (χ4n) is 2.62. The van der Waals surface area contributed by atoms with E-state index in [1.54, 1.807) is 10.6 Å². The van der Waals surface area contributed by atoms with Crippen LogP contribution in [0.5, 0.6) is 0 Å². The smallest absolute Gasteiger partial charge is 0.355 e. The number of hydrogen-bond donors (Lipinski definition) is 1. The number of pyridine rings is 1. The van der Waals surface area contributed by atoms with Crippen LogP contribution >= 0.6 is 0 Å². The van der Waals surface area contributed by atoms with Crippen molar-refractivity contribution >= 4 is 11.6 Å². The normalized spacial score (nSPS) is 11.0. The third-order valence-electron chi connectivity index (χ3n) is 3.61. The molecule has 0 saturated carbocycles. The Labute approximate surface area is 122 Å². The summed E-state index contributed by atoms with van der Waals surface area (Å²) in [6, 6.07) is 9.72. The lowest BCUT2D eigenvalue weighted by Crippen LogP contribution is -2.04. The van der Waals surface area contributed by atoms with E-state index in [0.29, 0.717) is 11.3 Å². The molecule has 0 fully saturated rings. The zero-order valence-corrected chi connectivity index (χ0v) is 12.2. The van der Waals surface area contributed by atoms with Crippen molar-refractivity contribution in [3.8, 4) is 11.3 Å². The number of carboxylic acids is 1. The molecule has 0 aliphatic heterocycles. The summed E-state index contributed by atoms with van der Waals surface area (Å²) in [5.41, 5.74) is 5.40. The summed E-state index contributed by atoms with van der Waals surface area (Å²) in [5.74, 6) is -0.969. The van der Waals surface area contributed by atoms with Gasteiger partial charge in [-0.15, -0.1) is 0 Å². The molecule has 2 aromatic heterocycles. The maximum atomic E-state index is 11.7. The van der Waals surface area contributed by atoms with E-state index >= 15 is 0 Å². The van der Waals surface area contributed by atoms with Gasteiger partial charge in [-0.1, -0.05) is 29.8 Å². The van der Waals surface area contributed by atoms with Crippen LogP contribution in [0.25, 0.3) is 16.9 Å². The summed E-state index contributed by atoms with van der Waals surface area (Å²) in [7, 11) is 0. The van der Waals surface area contributed by atoms with Gasteiger partial charge in [0.25, 0.3) is 0 Å². The number of fused-ring (bicyclic) bond motifs is 1. The van der Waals surface area contributed by atoms with E-state index in [0.717, 1.165) is 22.3 Å². The Morgan fingerprint density at radius 3 is 2.48 bits per heavy atom. The van der Waals surface area contributed by atoms with E-state index in [1.165, 1.54) is 0 Å². The Hall–Kier alpha value is -2.62. The predicted molar refractivity (Wildman–Crippen MR) is 81.8 cm³/mol. The Bertz CT molecular complexity index is 863. The topological polar surface area (TPSA) is 54.6 Å². The van der Waals surface area contributed by atoms with Gasteiger partial charge in [0.15, 0.2) is 5.69 Å². The maximum absolute atomic E-state index is 11.7. The third-order valence-corrected chi connectivity index (χ3v) is 3.61. The number of carbonyl (C=O) groups is 1. The molecule has 0 aliphatic rings. The van der Waals surface area contributed by atoms with Gasteiger partial charge < -0.3 is 5.11 Å². The number of hydrogen-bond acceptors (Lipinski definition) is 2. The molecule has 21 heavy (non-hydrogen) atoms. The van der Waals surface area contributed by atoms with Crippen molar-refractivity contribution in [3.63, 3.8) is 0 Å². The van der Waals surface area contributed by atoms with Gasteiger partial charge in [0.2, 0.25) is 0 Å². The maximum Gasteiger partial charge on any atom is 0.355 e. The summed E-state index contributed by atoms with van der Waals surface area (Å²) in [6.07, 6.45) is 1.80.